The number of thiophene rings is 1. The predicted molar refractivity (Wildman–Crippen MR) is 198 cm³/mol. The number of hydrogen-bond donors (Lipinski definition) is 3. The molecule has 6 aromatic rings. The van der Waals surface area contributed by atoms with Crippen LogP contribution >= 0.6 is 23.1 Å². The molecule has 0 radical (unpaired) electrons. The number of nitrogen functional groups attached to an aromatic ring is 1. The van der Waals surface area contributed by atoms with Crippen LogP contribution in [0, 0.1) is 5.41 Å². The fourth-order valence-corrected chi connectivity index (χ4v) is 10.2. The lowest BCUT2D eigenvalue weighted by Gasteiger charge is -2.33. The third-order valence-corrected chi connectivity index (χ3v) is 12.4. The van der Waals surface area contributed by atoms with E-state index in [1.165, 1.54) is 40.7 Å². The van der Waals surface area contributed by atoms with Gasteiger partial charge in [-0.3, -0.25) is 4.98 Å². The molecule has 0 saturated carbocycles. The maximum atomic E-state index is 6.95. The molecule has 2 unspecified atom stereocenters. The van der Waals surface area contributed by atoms with Crippen LogP contribution in [-0.2, 0) is 19.3 Å². The van der Waals surface area contributed by atoms with Crippen molar-refractivity contribution in [1.29, 1.82) is 0 Å². The highest BCUT2D eigenvalue weighted by Gasteiger charge is 2.49. The molecule has 5 N–H and O–H groups in total. The van der Waals surface area contributed by atoms with E-state index in [0.29, 0.717) is 12.2 Å². The monoisotopic (exact) mass is 672 g/mol. The van der Waals surface area contributed by atoms with E-state index in [9.17, 15) is 0 Å². The molecule has 1 aliphatic carbocycles. The van der Waals surface area contributed by atoms with Gasteiger partial charge < -0.3 is 21.4 Å². The highest BCUT2D eigenvalue weighted by Crippen LogP contribution is 2.51. The van der Waals surface area contributed by atoms with E-state index in [1.54, 1.807) is 42.0 Å². The molecule has 4 aliphatic rings. The van der Waals surface area contributed by atoms with Crippen LogP contribution in [-0.4, -0.2) is 61.0 Å². The van der Waals surface area contributed by atoms with Crippen molar-refractivity contribution in [2.24, 2.45) is 21.1 Å². The molecule has 2 atom stereocenters. The lowest BCUT2D eigenvalue weighted by molar-refractivity contribution is 0.392. The van der Waals surface area contributed by atoms with E-state index in [1.807, 2.05) is 24.5 Å². The molecular weight excluding hydrogens is 637 g/mol. The van der Waals surface area contributed by atoms with Gasteiger partial charge in [0.15, 0.2) is 0 Å². The maximum Gasteiger partial charge on any atom is 0.144 e. The van der Waals surface area contributed by atoms with E-state index in [2.05, 4.69) is 61.9 Å². The summed E-state index contributed by atoms with van der Waals surface area (Å²) in [5.74, 6) is 1.76. The van der Waals surface area contributed by atoms with Gasteiger partial charge in [-0.05, 0) is 59.2 Å². The van der Waals surface area contributed by atoms with Gasteiger partial charge in [-0.2, -0.15) is 0 Å². The minimum Gasteiger partial charge on any atom is -0.382 e. The van der Waals surface area contributed by atoms with Crippen LogP contribution in [0.15, 0.2) is 70.3 Å². The summed E-state index contributed by atoms with van der Waals surface area (Å²) in [6.07, 6.45) is 14.2. The number of H-pyrrole nitrogens is 1. The van der Waals surface area contributed by atoms with Gasteiger partial charge in [0, 0.05) is 54.4 Å². The first-order chi connectivity index (χ1) is 23.3. The number of pyridine rings is 3. The Morgan fingerprint density at radius 1 is 1.04 bits per heavy atom. The standard InChI is InChI=1S/C24H28N6S.C12H8N4S/c1-23(2)11-16-17(12-23)21(30-8-3-4-9-30)29-22-18(16)19-20(31-22)24(25,28-14-27-19)10-15-6-5-7-26-13-15;13-11-10-9(15-5-16-11)8-7-3-1-2-6(7)4-14-12(8)17-10/h5-7,13-14,20H,3-4,8-12,25H2,1-2H3;1-5H,13H2,(H,15,16). The quantitative estimate of drug-likeness (QED) is 0.198. The molecule has 1 fully saturated rings. The summed E-state index contributed by atoms with van der Waals surface area (Å²) < 4.78 is 0.976. The van der Waals surface area contributed by atoms with Crippen molar-refractivity contribution in [2.75, 3.05) is 23.7 Å². The topological polar surface area (TPSA) is 147 Å². The first-order valence-electron chi connectivity index (χ1n) is 16.4. The van der Waals surface area contributed by atoms with Gasteiger partial charge in [0.1, 0.15) is 33.5 Å². The fourth-order valence-electron chi connectivity index (χ4n) is 7.78. The number of aliphatic imine (C=N–C) groups is 2. The summed E-state index contributed by atoms with van der Waals surface area (Å²) in [6, 6.07) is 10.2. The number of aromatic amines is 1. The summed E-state index contributed by atoms with van der Waals surface area (Å²) >= 11 is 3.33. The number of fused-ring (bicyclic) bond motifs is 10. The zero-order chi connectivity index (χ0) is 32.6. The first kappa shape index (κ1) is 29.7. The van der Waals surface area contributed by atoms with E-state index < -0.39 is 5.66 Å². The lowest BCUT2D eigenvalue weighted by Crippen LogP contribution is -2.53. The van der Waals surface area contributed by atoms with E-state index in [4.69, 9.17) is 21.4 Å². The van der Waals surface area contributed by atoms with Crippen LogP contribution in [0.25, 0.3) is 31.2 Å². The molecule has 0 amide bonds. The number of nitrogens with one attached hydrogen (secondary N) is 1. The van der Waals surface area contributed by atoms with E-state index >= 15 is 0 Å². The first-order valence-corrected chi connectivity index (χ1v) is 18.1. The Morgan fingerprint density at radius 2 is 1.90 bits per heavy atom. The second-order valence-corrected chi connectivity index (χ2v) is 16.1. The number of hydrogen-bond acceptors (Lipinski definition) is 11. The Balaban J connectivity index is 0.000000155. The van der Waals surface area contributed by atoms with Crippen LogP contribution in [0.1, 0.15) is 48.9 Å². The lowest BCUT2D eigenvalue weighted by atomic mass is 9.88. The third-order valence-electron chi connectivity index (χ3n) is 9.94. The summed E-state index contributed by atoms with van der Waals surface area (Å²) in [4.78, 5) is 34.2. The SMILES string of the molecule is CC1(C)Cc2c(N3CCCC3)nc3c(c2C1)C1=NC=NC(N)(Cc2cccnc2)C1S3.Nc1nc[nH]c2c1sc1ncc3cccc3c12. The smallest absolute Gasteiger partial charge is 0.144 e. The molecule has 3 aliphatic heterocycles. The molecule has 1 saturated heterocycles. The van der Waals surface area contributed by atoms with Crippen molar-refractivity contribution in [3.63, 3.8) is 0 Å². The highest BCUT2D eigenvalue weighted by atomic mass is 32.2. The molecule has 48 heavy (non-hydrogen) atoms. The molecule has 5 aromatic heterocycles. The Bertz CT molecular complexity index is 2280. The van der Waals surface area contributed by atoms with Crippen LogP contribution in [0.3, 0.4) is 0 Å². The molecule has 0 spiro atoms. The van der Waals surface area contributed by atoms with E-state index in [-0.39, 0.29) is 10.7 Å². The highest BCUT2D eigenvalue weighted by molar-refractivity contribution is 8.01. The average molecular weight is 673 g/mol. The molecule has 0 bridgehead atoms. The summed E-state index contributed by atoms with van der Waals surface area (Å²) in [6.45, 7) is 6.95. The second-order valence-electron chi connectivity index (χ2n) is 14.0. The van der Waals surface area contributed by atoms with Crippen LogP contribution < -0.4 is 16.4 Å². The van der Waals surface area contributed by atoms with Crippen molar-refractivity contribution in [1.82, 2.24) is 24.9 Å². The molecule has 242 valence electrons. The number of anilines is 2. The number of rotatable bonds is 3. The van der Waals surface area contributed by atoms with Crippen molar-refractivity contribution < 1.29 is 0 Å². The van der Waals surface area contributed by atoms with Crippen molar-refractivity contribution in [2.45, 2.75) is 61.9 Å². The molecular formula is C36H36N10S2. The van der Waals surface area contributed by atoms with Crippen LogP contribution in [0.5, 0.6) is 0 Å². The summed E-state index contributed by atoms with van der Waals surface area (Å²) in [5.41, 5.74) is 19.7. The summed E-state index contributed by atoms with van der Waals surface area (Å²) in [5, 5.41) is 4.57. The molecule has 12 heteroatoms. The molecule has 10 rings (SSSR count). The van der Waals surface area contributed by atoms with Crippen LogP contribution in [0.2, 0.25) is 0 Å². The van der Waals surface area contributed by atoms with E-state index in [0.717, 1.165) is 68.1 Å². The van der Waals surface area contributed by atoms with Gasteiger partial charge in [-0.1, -0.05) is 49.9 Å². The van der Waals surface area contributed by atoms with Crippen molar-refractivity contribution in [3.8, 4) is 0 Å². The maximum absolute atomic E-state index is 6.95. The van der Waals surface area contributed by atoms with Gasteiger partial charge in [-0.25, -0.2) is 24.9 Å². The Labute approximate surface area is 286 Å². The number of nitrogens with two attached hydrogens (primary N) is 2. The normalized spacial score (nSPS) is 22.1. The number of thioether (sulfide) groups is 1. The van der Waals surface area contributed by atoms with Gasteiger partial charge in [-0.15, -0.1) is 11.3 Å². The fraction of sp³-hybridized carbons (Fsp3) is 0.333. The number of nitrogens with zero attached hydrogens (tertiary/aromatic N) is 7. The Kier molecular flexibility index (Phi) is 6.86. The minimum atomic E-state index is -0.750. The van der Waals surface area contributed by atoms with Gasteiger partial charge in [0.2, 0.25) is 0 Å². The molecule has 10 nitrogen and oxygen atoms in total. The predicted octanol–water partition coefficient (Wildman–Crippen LogP) is 6.31. The van der Waals surface area contributed by atoms with Crippen molar-refractivity contribution in [3.05, 3.63) is 77.5 Å². The second kappa shape index (κ2) is 11.1. The Hall–Kier alpha value is -4.39. The van der Waals surface area contributed by atoms with Crippen LogP contribution in [0.4, 0.5) is 11.6 Å². The van der Waals surface area contributed by atoms with Gasteiger partial charge >= 0.3 is 0 Å². The average Bonchev–Trinajstić information content (AvgIpc) is 3.90. The van der Waals surface area contributed by atoms with Gasteiger partial charge in [0.25, 0.3) is 0 Å². The minimum absolute atomic E-state index is 0.0261. The molecule has 8 heterocycles. The Morgan fingerprint density at radius 3 is 2.73 bits per heavy atom. The molecule has 1 aromatic carbocycles. The van der Waals surface area contributed by atoms with Crippen molar-refractivity contribution >= 4 is 78.0 Å². The summed E-state index contributed by atoms with van der Waals surface area (Å²) in [7, 11) is 0. The third kappa shape index (κ3) is 4.80. The zero-order valence-corrected chi connectivity index (χ0v) is 28.5. The van der Waals surface area contributed by atoms with Gasteiger partial charge in [0.05, 0.1) is 27.5 Å². The zero-order valence-electron chi connectivity index (χ0n) is 26.9. The number of aromatic nitrogens is 5. The largest absolute Gasteiger partial charge is 0.382 e.